The molecule has 1 heterocycles. The van der Waals surface area contributed by atoms with Gasteiger partial charge in [-0.3, -0.25) is 4.98 Å². The Morgan fingerprint density at radius 3 is 3.42 bits per heavy atom. The zero-order chi connectivity index (χ0) is 7.97. The van der Waals surface area contributed by atoms with Crippen molar-refractivity contribution in [1.82, 2.24) is 4.98 Å². The lowest BCUT2D eigenvalue weighted by Crippen LogP contribution is -1.97. The summed E-state index contributed by atoms with van der Waals surface area (Å²) in [5.74, 6) is 1.72. The van der Waals surface area contributed by atoms with E-state index < -0.39 is 0 Å². The van der Waals surface area contributed by atoms with Gasteiger partial charge in [0.25, 0.3) is 0 Å². The zero-order valence-electron chi connectivity index (χ0n) is 7.09. The molecular weight excluding hydrogens is 146 g/mol. The fourth-order valence-electron chi connectivity index (χ4n) is 2.80. The van der Waals surface area contributed by atoms with Gasteiger partial charge in [0.1, 0.15) is 0 Å². The topological polar surface area (TPSA) is 12.9 Å². The number of hydrogen-bond acceptors (Lipinski definition) is 1. The standard InChI is InChI=1S/C11H12N/c1-3-8-7-11-10(9(8)4-1)5-2-6-12-11/h2,6,8-9H,1,3-4,7H2. The van der Waals surface area contributed by atoms with Crippen molar-refractivity contribution < 1.29 is 0 Å². The normalized spacial score (nSPS) is 31.7. The van der Waals surface area contributed by atoms with E-state index in [1.807, 2.05) is 12.3 Å². The SMILES string of the molecule is [c]1ccnc2c1C1CCCC1C2. The van der Waals surface area contributed by atoms with Crippen molar-refractivity contribution in [3.63, 3.8) is 0 Å². The van der Waals surface area contributed by atoms with Gasteiger partial charge in [-0.1, -0.05) is 6.42 Å². The molecule has 0 N–H and O–H groups in total. The van der Waals surface area contributed by atoms with E-state index in [2.05, 4.69) is 11.1 Å². The Morgan fingerprint density at radius 2 is 2.42 bits per heavy atom. The summed E-state index contributed by atoms with van der Waals surface area (Å²) in [6, 6.07) is 5.32. The average Bonchev–Trinajstić information content (AvgIpc) is 2.62. The maximum atomic E-state index is 4.41. The first-order valence-corrected chi connectivity index (χ1v) is 4.80. The predicted octanol–water partition coefficient (Wildman–Crippen LogP) is 2.32. The average molecular weight is 158 g/mol. The summed E-state index contributed by atoms with van der Waals surface area (Å²) in [7, 11) is 0. The second-order valence-corrected chi connectivity index (χ2v) is 3.95. The number of fused-ring (bicyclic) bond motifs is 3. The van der Waals surface area contributed by atoms with Crippen molar-refractivity contribution >= 4 is 0 Å². The molecule has 1 heteroatoms. The Bertz CT molecular complexity index is 306. The fourth-order valence-corrected chi connectivity index (χ4v) is 2.80. The highest BCUT2D eigenvalue weighted by Gasteiger charge is 2.36. The minimum Gasteiger partial charge on any atom is -0.261 e. The van der Waals surface area contributed by atoms with Crippen LogP contribution in [0.5, 0.6) is 0 Å². The summed E-state index contributed by atoms with van der Waals surface area (Å²) in [5.41, 5.74) is 2.76. The molecule has 0 aromatic carbocycles. The van der Waals surface area contributed by atoms with E-state index in [1.54, 1.807) is 0 Å². The van der Waals surface area contributed by atoms with Crippen molar-refractivity contribution in [1.29, 1.82) is 0 Å². The van der Waals surface area contributed by atoms with Crippen LogP contribution in [0.3, 0.4) is 0 Å². The number of hydrogen-bond donors (Lipinski definition) is 0. The van der Waals surface area contributed by atoms with Crippen molar-refractivity contribution in [2.24, 2.45) is 5.92 Å². The fraction of sp³-hybridized carbons (Fsp3) is 0.545. The Hall–Kier alpha value is -0.850. The van der Waals surface area contributed by atoms with Gasteiger partial charge in [0, 0.05) is 11.9 Å². The molecule has 0 saturated heterocycles. The molecule has 2 aliphatic rings. The molecule has 1 aromatic heterocycles. The van der Waals surface area contributed by atoms with Crippen LogP contribution >= 0.6 is 0 Å². The van der Waals surface area contributed by atoms with Crippen LogP contribution < -0.4 is 0 Å². The van der Waals surface area contributed by atoms with Gasteiger partial charge in [-0.25, -0.2) is 0 Å². The summed E-state index contributed by atoms with van der Waals surface area (Å²) in [4.78, 5) is 4.41. The van der Waals surface area contributed by atoms with Crippen molar-refractivity contribution in [2.75, 3.05) is 0 Å². The first-order chi connectivity index (χ1) is 5.95. The molecule has 2 atom stereocenters. The lowest BCUT2D eigenvalue weighted by molar-refractivity contribution is 0.525. The van der Waals surface area contributed by atoms with Crippen LogP contribution in [0.1, 0.15) is 36.4 Å². The highest BCUT2D eigenvalue weighted by atomic mass is 14.7. The van der Waals surface area contributed by atoms with Crippen LogP contribution in [-0.2, 0) is 6.42 Å². The third kappa shape index (κ3) is 0.767. The smallest absolute Gasteiger partial charge is 0.0447 e. The molecule has 2 unspecified atom stereocenters. The first kappa shape index (κ1) is 6.64. The summed E-state index contributed by atoms with van der Waals surface area (Å²) < 4.78 is 0. The van der Waals surface area contributed by atoms with Gasteiger partial charge in [0.05, 0.1) is 0 Å². The van der Waals surface area contributed by atoms with E-state index in [1.165, 1.54) is 36.9 Å². The zero-order valence-corrected chi connectivity index (χ0v) is 7.09. The van der Waals surface area contributed by atoms with Crippen LogP contribution in [0.25, 0.3) is 0 Å². The minimum atomic E-state index is 0.814. The summed E-state index contributed by atoms with van der Waals surface area (Å²) in [6.45, 7) is 0. The van der Waals surface area contributed by atoms with Gasteiger partial charge in [-0.15, -0.1) is 0 Å². The molecule has 2 aliphatic carbocycles. The molecule has 0 bridgehead atoms. The van der Waals surface area contributed by atoms with E-state index in [0.29, 0.717) is 0 Å². The van der Waals surface area contributed by atoms with Crippen molar-refractivity contribution in [3.8, 4) is 0 Å². The largest absolute Gasteiger partial charge is 0.261 e. The van der Waals surface area contributed by atoms with Crippen molar-refractivity contribution in [3.05, 3.63) is 29.6 Å². The third-order valence-electron chi connectivity index (χ3n) is 3.34. The van der Waals surface area contributed by atoms with Crippen LogP contribution in [-0.4, -0.2) is 4.98 Å². The van der Waals surface area contributed by atoms with Gasteiger partial charge in [0.2, 0.25) is 0 Å². The molecule has 1 saturated carbocycles. The van der Waals surface area contributed by atoms with Gasteiger partial charge < -0.3 is 0 Å². The second-order valence-electron chi connectivity index (χ2n) is 3.95. The maximum Gasteiger partial charge on any atom is 0.0447 e. The number of pyridine rings is 1. The predicted molar refractivity (Wildman–Crippen MR) is 46.9 cm³/mol. The van der Waals surface area contributed by atoms with Gasteiger partial charge in [0.15, 0.2) is 0 Å². The maximum absolute atomic E-state index is 4.41. The lowest BCUT2D eigenvalue weighted by atomic mass is 9.97. The summed E-state index contributed by atoms with van der Waals surface area (Å²) in [5, 5.41) is 0. The number of nitrogens with zero attached hydrogens (tertiary/aromatic N) is 1. The molecular formula is C11H12N. The minimum absolute atomic E-state index is 0.814. The molecule has 12 heavy (non-hydrogen) atoms. The van der Waals surface area contributed by atoms with Gasteiger partial charge in [-0.05, 0) is 48.8 Å². The number of rotatable bonds is 0. The summed E-state index contributed by atoms with van der Waals surface area (Å²) in [6.07, 6.45) is 7.30. The third-order valence-corrected chi connectivity index (χ3v) is 3.34. The molecule has 3 rings (SSSR count). The molecule has 1 radical (unpaired) electrons. The van der Waals surface area contributed by atoms with Crippen LogP contribution in [0.2, 0.25) is 0 Å². The van der Waals surface area contributed by atoms with Gasteiger partial charge >= 0.3 is 0 Å². The summed E-state index contributed by atoms with van der Waals surface area (Å²) >= 11 is 0. The Labute approximate surface area is 72.8 Å². The molecule has 0 spiro atoms. The Morgan fingerprint density at radius 1 is 1.42 bits per heavy atom. The quantitative estimate of drug-likeness (QED) is 0.564. The molecule has 1 fully saturated rings. The Kier molecular flexibility index (Phi) is 1.28. The molecule has 0 aliphatic heterocycles. The molecule has 0 amide bonds. The highest BCUT2D eigenvalue weighted by molar-refractivity contribution is 5.30. The monoisotopic (exact) mass is 158 g/mol. The molecule has 61 valence electrons. The van der Waals surface area contributed by atoms with E-state index in [4.69, 9.17) is 0 Å². The second kappa shape index (κ2) is 2.32. The number of aromatic nitrogens is 1. The molecule has 1 aromatic rings. The highest BCUT2D eigenvalue weighted by Crippen LogP contribution is 2.46. The van der Waals surface area contributed by atoms with E-state index >= 15 is 0 Å². The molecule has 1 nitrogen and oxygen atoms in total. The van der Waals surface area contributed by atoms with E-state index in [9.17, 15) is 0 Å². The van der Waals surface area contributed by atoms with Crippen LogP contribution in [0.4, 0.5) is 0 Å². The van der Waals surface area contributed by atoms with Crippen LogP contribution in [0, 0.1) is 12.0 Å². The van der Waals surface area contributed by atoms with E-state index in [-0.39, 0.29) is 0 Å². The first-order valence-electron chi connectivity index (χ1n) is 4.80. The lowest BCUT2D eigenvalue weighted by Gasteiger charge is -2.07. The van der Waals surface area contributed by atoms with Crippen LogP contribution in [0.15, 0.2) is 12.3 Å². The van der Waals surface area contributed by atoms with Crippen molar-refractivity contribution in [2.45, 2.75) is 31.6 Å². The van der Waals surface area contributed by atoms with E-state index in [0.717, 1.165) is 11.8 Å². The van der Waals surface area contributed by atoms with Gasteiger partial charge in [-0.2, -0.15) is 0 Å². The Balaban J connectivity index is 2.09.